The third-order valence-corrected chi connectivity index (χ3v) is 3.47. The number of nitrogens with zero attached hydrogens (tertiary/aromatic N) is 1. The summed E-state index contributed by atoms with van der Waals surface area (Å²) < 4.78 is 0. The van der Waals surface area contributed by atoms with Crippen molar-refractivity contribution in [1.82, 2.24) is 0 Å². The minimum absolute atomic E-state index is 0.113. The average Bonchev–Trinajstić information content (AvgIpc) is 2.12. The molecule has 0 amide bonds. The second-order valence-electron chi connectivity index (χ2n) is 4.83. The van der Waals surface area contributed by atoms with Crippen molar-refractivity contribution in [2.75, 3.05) is 0 Å². The molecule has 0 heterocycles. The summed E-state index contributed by atoms with van der Waals surface area (Å²) in [6.07, 6.45) is 10.8. The van der Waals surface area contributed by atoms with E-state index in [4.69, 9.17) is 0 Å². The van der Waals surface area contributed by atoms with Gasteiger partial charge in [-0.05, 0) is 12.3 Å². The van der Waals surface area contributed by atoms with Gasteiger partial charge in [-0.15, -0.1) is 0 Å². The summed E-state index contributed by atoms with van der Waals surface area (Å²) in [5.41, 5.74) is 0. The molecular formula is C12H23NO2. The Labute approximate surface area is 92.4 Å². The maximum absolute atomic E-state index is 10.4. The standard InChI is InChI=1S/C12H23NO2/c1-2-3-4-5-6-7-8-11-9-12(10-11)13(14)15/h11-12H,2-10H2,1H3. The van der Waals surface area contributed by atoms with Crippen molar-refractivity contribution in [3.8, 4) is 0 Å². The summed E-state index contributed by atoms with van der Waals surface area (Å²) in [5.74, 6) is 0.659. The molecule has 0 aromatic heterocycles. The predicted molar refractivity (Wildman–Crippen MR) is 61.5 cm³/mol. The van der Waals surface area contributed by atoms with Gasteiger partial charge in [0.2, 0.25) is 6.04 Å². The fraction of sp³-hybridized carbons (Fsp3) is 1.00. The molecule has 0 radical (unpaired) electrons. The minimum Gasteiger partial charge on any atom is -0.264 e. The van der Waals surface area contributed by atoms with Crippen molar-refractivity contribution in [2.45, 2.75) is 70.8 Å². The normalized spacial score (nSPS) is 24.9. The van der Waals surface area contributed by atoms with Crippen LogP contribution in [0.15, 0.2) is 0 Å². The van der Waals surface area contributed by atoms with Crippen LogP contribution in [0.2, 0.25) is 0 Å². The Morgan fingerprint density at radius 2 is 1.73 bits per heavy atom. The van der Waals surface area contributed by atoms with Gasteiger partial charge in [-0.25, -0.2) is 0 Å². The van der Waals surface area contributed by atoms with E-state index in [1.807, 2.05) is 0 Å². The summed E-state index contributed by atoms with van der Waals surface area (Å²) in [4.78, 5) is 10.3. The molecule has 0 aromatic rings. The Hall–Kier alpha value is -0.600. The number of rotatable bonds is 8. The molecule has 1 rings (SSSR count). The maximum Gasteiger partial charge on any atom is 0.213 e. The van der Waals surface area contributed by atoms with Crippen LogP contribution in [0.3, 0.4) is 0 Å². The highest BCUT2D eigenvalue weighted by Gasteiger charge is 2.36. The number of hydrogen-bond acceptors (Lipinski definition) is 2. The van der Waals surface area contributed by atoms with E-state index >= 15 is 0 Å². The minimum atomic E-state index is -0.213. The van der Waals surface area contributed by atoms with E-state index in [1.165, 1.54) is 44.9 Å². The van der Waals surface area contributed by atoms with Crippen LogP contribution in [0.1, 0.15) is 64.7 Å². The van der Waals surface area contributed by atoms with E-state index in [1.54, 1.807) is 0 Å². The lowest BCUT2D eigenvalue weighted by Crippen LogP contribution is -2.35. The highest BCUT2D eigenvalue weighted by Crippen LogP contribution is 2.33. The van der Waals surface area contributed by atoms with Gasteiger partial charge < -0.3 is 0 Å². The number of nitro groups is 1. The fourth-order valence-electron chi connectivity index (χ4n) is 2.32. The molecule has 0 N–H and O–H groups in total. The third-order valence-electron chi connectivity index (χ3n) is 3.47. The largest absolute Gasteiger partial charge is 0.264 e. The Morgan fingerprint density at radius 1 is 1.13 bits per heavy atom. The molecule has 15 heavy (non-hydrogen) atoms. The molecule has 0 aliphatic heterocycles. The summed E-state index contributed by atoms with van der Waals surface area (Å²) in [6.45, 7) is 2.23. The van der Waals surface area contributed by atoms with Gasteiger partial charge in [-0.1, -0.05) is 45.4 Å². The van der Waals surface area contributed by atoms with Crippen molar-refractivity contribution in [2.24, 2.45) is 5.92 Å². The van der Waals surface area contributed by atoms with Gasteiger partial charge in [0, 0.05) is 17.8 Å². The Balaban J connectivity index is 1.84. The molecule has 1 fully saturated rings. The Kier molecular flexibility index (Phi) is 5.66. The molecule has 0 unspecified atom stereocenters. The average molecular weight is 213 g/mol. The molecular weight excluding hydrogens is 190 g/mol. The Bertz CT molecular complexity index is 188. The fourth-order valence-corrected chi connectivity index (χ4v) is 2.32. The highest BCUT2D eigenvalue weighted by molar-refractivity contribution is 4.79. The molecule has 3 heteroatoms. The zero-order valence-electron chi connectivity index (χ0n) is 9.78. The van der Waals surface area contributed by atoms with Crippen LogP contribution >= 0.6 is 0 Å². The molecule has 3 nitrogen and oxygen atoms in total. The van der Waals surface area contributed by atoms with Crippen molar-refractivity contribution in [3.63, 3.8) is 0 Å². The monoisotopic (exact) mass is 213 g/mol. The summed E-state index contributed by atoms with van der Waals surface area (Å²) in [6, 6.07) is -0.213. The second-order valence-corrected chi connectivity index (χ2v) is 4.83. The molecule has 0 bridgehead atoms. The lowest BCUT2D eigenvalue weighted by molar-refractivity contribution is -0.541. The lowest BCUT2D eigenvalue weighted by Gasteiger charge is -2.28. The first kappa shape index (κ1) is 12.5. The van der Waals surface area contributed by atoms with E-state index in [0.717, 1.165) is 12.8 Å². The topological polar surface area (TPSA) is 43.1 Å². The first-order chi connectivity index (χ1) is 7.24. The summed E-state index contributed by atoms with van der Waals surface area (Å²) >= 11 is 0. The first-order valence-electron chi connectivity index (χ1n) is 6.37. The first-order valence-corrected chi connectivity index (χ1v) is 6.37. The van der Waals surface area contributed by atoms with Crippen LogP contribution < -0.4 is 0 Å². The summed E-state index contributed by atoms with van der Waals surface area (Å²) in [5, 5.41) is 10.4. The van der Waals surface area contributed by atoms with Crippen molar-refractivity contribution < 1.29 is 4.92 Å². The van der Waals surface area contributed by atoms with Gasteiger partial charge in [0.05, 0.1) is 0 Å². The van der Waals surface area contributed by atoms with E-state index in [2.05, 4.69) is 6.92 Å². The van der Waals surface area contributed by atoms with E-state index in [-0.39, 0.29) is 11.0 Å². The van der Waals surface area contributed by atoms with E-state index in [0.29, 0.717) is 5.92 Å². The van der Waals surface area contributed by atoms with E-state index < -0.39 is 0 Å². The van der Waals surface area contributed by atoms with Gasteiger partial charge in [-0.2, -0.15) is 0 Å². The molecule has 1 aliphatic rings. The molecule has 1 saturated carbocycles. The van der Waals surface area contributed by atoms with Gasteiger partial charge >= 0.3 is 0 Å². The van der Waals surface area contributed by atoms with Gasteiger partial charge in [0.25, 0.3) is 0 Å². The van der Waals surface area contributed by atoms with Crippen molar-refractivity contribution in [3.05, 3.63) is 10.1 Å². The van der Waals surface area contributed by atoms with Crippen molar-refractivity contribution in [1.29, 1.82) is 0 Å². The Morgan fingerprint density at radius 3 is 2.33 bits per heavy atom. The predicted octanol–water partition coefficient (Wildman–Crippen LogP) is 3.79. The third kappa shape index (κ3) is 4.63. The van der Waals surface area contributed by atoms with Crippen LogP contribution in [0.25, 0.3) is 0 Å². The van der Waals surface area contributed by atoms with Crippen LogP contribution in [0.4, 0.5) is 0 Å². The summed E-state index contributed by atoms with van der Waals surface area (Å²) in [7, 11) is 0. The van der Waals surface area contributed by atoms with Crippen LogP contribution in [-0.4, -0.2) is 11.0 Å². The van der Waals surface area contributed by atoms with Gasteiger partial charge in [0.15, 0.2) is 0 Å². The van der Waals surface area contributed by atoms with Crippen LogP contribution in [0, 0.1) is 16.0 Å². The zero-order chi connectivity index (χ0) is 11.1. The van der Waals surface area contributed by atoms with Crippen LogP contribution in [0.5, 0.6) is 0 Å². The highest BCUT2D eigenvalue weighted by atomic mass is 16.6. The molecule has 0 atom stereocenters. The number of unbranched alkanes of at least 4 members (excludes halogenated alkanes) is 5. The quantitative estimate of drug-likeness (QED) is 0.350. The molecule has 0 aromatic carbocycles. The lowest BCUT2D eigenvalue weighted by atomic mass is 9.77. The smallest absolute Gasteiger partial charge is 0.213 e. The number of hydrogen-bond donors (Lipinski definition) is 0. The SMILES string of the molecule is CCCCCCCCC1CC([N+](=O)[O-])C1. The van der Waals surface area contributed by atoms with Crippen molar-refractivity contribution >= 4 is 0 Å². The van der Waals surface area contributed by atoms with E-state index in [9.17, 15) is 10.1 Å². The molecule has 0 saturated heterocycles. The van der Waals surface area contributed by atoms with Crippen LogP contribution in [-0.2, 0) is 0 Å². The van der Waals surface area contributed by atoms with Gasteiger partial charge in [0.1, 0.15) is 0 Å². The van der Waals surface area contributed by atoms with Gasteiger partial charge in [-0.3, -0.25) is 10.1 Å². The molecule has 1 aliphatic carbocycles. The molecule has 88 valence electrons. The second kappa shape index (κ2) is 6.81. The maximum atomic E-state index is 10.4. The zero-order valence-corrected chi connectivity index (χ0v) is 9.78. The molecule has 0 spiro atoms.